The van der Waals surface area contributed by atoms with E-state index in [1.165, 1.54) is 0 Å². The molecule has 0 spiro atoms. The van der Waals surface area contributed by atoms with Crippen LogP contribution in [0.2, 0.25) is 5.02 Å². The summed E-state index contributed by atoms with van der Waals surface area (Å²) in [6, 6.07) is 11.6. The van der Waals surface area contributed by atoms with Crippen LogP contribution in [0.15, 0.2) is 42.5 Å². The molecule has 0 aliphatic heterocycles. The van der Waals surface area contributed by atoms with Gasteiger partial charge >= 0.3 is 0 Å². The van der Waals surface area contributed by atoms with Crippen molar-refractivity contribution in [3.8, 4) is 17.2 Å². The minimum atomic E-state index is -0.528. The molecule has 0 aliphatic rings. The summed E-state index contributed by atoms with van der Waals surface area (Å²) in [5, 5.41) is 0.396. The number of amides is 2. The number of nitrogens with one attached hydrogen (secondary N) is 2. The highest BCUT2D eigenvalue weighted by atomic mass is 35.5. The summed E-state index contributed by atoms with van der Waals surface area (Å²) >= 11 is 5.94. The number of hydrazine groups is 1. The standard InChI is InChI=1S/C19H21ClN2O5/c1-3-25-16-10-9-13(11-17(16)26-4-2)19(24)22-21-18(23)12-27-15-8-6-5-7-14(15)20/h5-11H,3-4,12H2,1-2H3,(H,21,23)(H,22,24). The first-order valence-electron chi connectivity index (χ1n) is 8.41. The third-order valence-corrected chi connectivity index (χ3v) is 3.63. The lowest BCUT2D eigenvalue weighted by molar-refractivity contribution is -0.123. The van der Waals surface area contributed by atoms with E-state index >= 15 is 0 Å². The van der Waals surface area contributed by atoms with Gasteiger partial charge in [-0.1, -0.05) is 23.7 Å². The summed E-state index contributed by atoms with van der Waals surface area (Å²) in [6.45, 7) is 4.31. The normalized spacial score (nSPS) is 10.0. The van der Waals surface area contributed by atoms with Gasteiger partial charge in [-0.2, -0.15) is 0 Å². The van der Waals surface area contributed by atoms with Crippen molar-refractivity contribution in [3.05, 3.63) is 53.1 Å². The summed E-state index contributed by atoms with van der Waals surface area (Å²) in [5.41, 5.74) is 4.92. The number of carbonyl (C=O) groups is 2. The minimum absolute atomic E-state index is 0.294. The smallest absolute Gasteiger partial charge is 0.276 e. The molecule has 27 heavy (non-hydrogen) atoms. The average Bonchev–Trinajstić information content (AvgIpc) is 2.67. The van der Waals surface area contributed by atoms with Gasteiger partial charge in [0.05, 0.1) is 18.2 Å². The van der Waals surface area contributed by atoms with Gasteiger partial charge in [0, 0.05) is 5.56 Å². The summed E-state index contributed by atoms with van der Waals surface area (Å²) in [7, 11) is 0. The van der Waals surface area contributed by atoms with E-state index in [1.54, 1.807) is 42.5 Å². The number of benzene rings is 2. The number of para-hydroxylation sites is 1. The molecule has 2 amide bonds. The van der Waals surface area contributed by atoms with Crippen LogP contribution >= 0.6 is 11.6 Å². The van der Waals surface area contributed by atoms with Gasteiger partial charge in [-0.05, 0) is 44.2 Å². The first kappa shape index (κ1) is 20.4. The van der Waals surface area contributed by atoms with Gasteiger partial charge < -0.3 is 14.2 Å². The number of rotatable bonds is 8. The van der Waals surface area contributed by atoms with Crippen molar-refractivity contribution in [3.63, 3.8) is 0 Å². The largest absolute Gasteiger partial charge is 0.490 e. The van der Waals surface area contributed by atoms with Crippen LogP contribution in [0.5, 0.6) is 17.2 Å². The Hall–Kier alpha value is -2.93. The predicted molar refractivity (Wildman–Crippen MR) is 101 cm³/mol. The summed E-state index contributed by atoms with van der Waals surface area (Å²) in [5.74, 6) is 0.367. The third kappa shape index (κ3) is 6.07. The quantitative estimate of drug-likeness (QED) is 0.674. The molecule has 0 unspecified atom stereocenters. The van der Waals surface area contributed by atoms with Gasteiger partial charge in [0.25, 0.3) is 11.8 Å². The van der Waals surface area contributed by atoms with Gasteiger partial charge in [0.1, 0.15) is 5.75 Å². The monoisotopic (exact) mass is 392 g/mol. The summed E-state index contributed by atoms with van der Waals surface area (Å²) in [4.78, 5) is 24.1. The molecule has 2 rings (SSSR count). The Kier molecular flexibility index (Phi) is 7.76. The van der Waals surface area contributed by atoms with Gasteiger partial charge in [-0.15, -0.1) is 0 Å². The molecular formula is C19H21ClN2O5. The SMILES string of the molecule is CCOc1ccc(C(=O)NNC(=O)COc2ccccc2Cl)cc1OCC. The molecule has 0 aromatic heterocycles. The Bertz CT molecular complexity index is 797. The van der Waals surface area contributed by atoms with Crippen LogP contribution in [0.25, 0.3) is 0 Å². The Morgan fingerprint density at radius 1 is 0.889 bits per heavy atom. The second-order valence-electron chi connectivity index (χ2n) is 5.25. The van der Waals surface area contributed by atoms with Crippen LogP contribution in [-0.4, -0.2) is 31.6 Å². The molecule has 0 bridgehead atoms. The maximum Gasteiger partial charge on any atom is 0.276 e. The fraction of sp³-hybridized carbons (Fsp3) is 0.263. The van der Waals surface area contributed by atoms with Gasteiger partial charge in [0.15, 0.2) is 18.1 Å². The van der Waals surface area contributed by atoms with Crippen molar-refractivity contribution in [1.29, 1.82) is 0 Å². The molecule has 0 atom stereocenters. The highest BCUT2D eigenvalue weighted by Crippen LogP contribution is 2.28. The molecule has 0 radical (unpaired) electrons. The lowest BCUT2D eigenvalue weighted by atomic mass is 10.2. The first-order chi connectivity index (χ1) is 13.0. The highest BCUT2D eigenvalue weighted by Gasteiger charge is 2.13. The van der Waals surface area contributed by atoms with Crippen LogP contribution in [-0.2, 0) is 4.79 Å². The van der Waals surface area contributed by atoms with Crippen LogP contribution < -0.4 is 25.1 Å². The Labute approximate surface area is 162 Å². The number of halogens is 1. The Morgan fingerprint density at radius 2 is 1.59 bits per heavy atom. The van der Waals surface area contributed by atoms with Crippen LogP contribution in [0, 0.1) is 0 Å². The fourth-order valence-corrected chi connectivity index (χ4v) is 2.32. The topological polar surface area (TPSA) is 85.9 Å². The summed E-state index contributed by atoms with van der Waals surface area (Å²) < 4.78 is 16.2. The lowest BCUT2D eigenvalue weighted by Crippen LogP contribution is -2.43. The van der Waals surface area contributed by atoms with Gasteiger partial charge in [-0.3, -0.25) is 20.4 Å². The maximum absolute atomic E-state index is 12.2. The summed E-state index contributed by atoms with van der Waals surface area (Å²) in [6.07, 6.45) is 0. The van der Waals surface area contributed by atoms with Crippen molar-refractivity contribution in [2.45, 2.75) is 13.8 Å². The van der Waals surface area contributed by atoms with E-state index in [2.05, 4.69) is 10.9 Å². The Balaban J connectivity index is 1.90. The zero-order valence-electron chi connectivity index (χ0n) is 15.1. The number of carbonyl (C=O) groups excluding carboxylic acids is 2. The molecule has 0 fully saturated rings. The molecule has 0 saturated heterocycles. The zero-order valence-corrected chi connectivity index (χ0v) is 15.8. The molecule has 0 aliphatic carbocycles. The van der Waals surface area contributed by atoms with Crippen molar-refractivity contribution < 1.29 is 23.8 Å². The molecule has 2 aromatic carbocycles. The lowest BCUT2D eigenvalue weighted by Gasteiger charge is -2.13. The van der Waals surface area contributed by atoms with Crippen LogP contribution in [0.3, 0.4) is 0 Å². The van der Waals surface area contributed by atoms with Gasteiger partial charge in [0.2, 0.25) is 0 Å². The maximum atomic E-state index is 12.2. The second kappa shape index (κ2) is 10.3. The van der Waals surface area contributed by atoms with E-state index in [-0.39, 0.29) is 6.61 Å². The van der Waals surface area contributed by atoms with Gasteiger partial charge in [-0.25, -0.2) is 0 Å². The molecule has 144 valence electrons. The van der Waals surface area contributed by atoms with E-state index in [1.807, 2.05) is 13.8 Å². The molecule has 8 heteroatoms. The van der Waals surface area contributed by atoms with E-state index in [0.717, 1.165) is 0 Å². The number of hydrogen-bond donors (Lipinski definition) is 2. The predicted octanol–water partition coefficient (Wildman–Crippen LogP) is 2.98. The molecule has 0 heterocycles. The second-order valence-corrected chi connectivity index (χ2v) is 5.66. The molecule has 7 nitrogen and oxygen atoms in total. The van der Waals surface area contributed by atoms with E-state index in [9.17, 15) is 9.59 Å². The third-order valence-electron chi connectivity index (χ3n) is 3.32. The van der Waals surface area contributed by atoms with Crippen molar-refractivity contribution >= 4 is 23.4 Å². The fourth-order valence-electron chi connectivity index (χ4n) is 2.13. The van der Waals surface area contributed by atoms with Crippen LogP contribution in [0.4, 0.5) is 0 Å². The van der Waals surface area contributed by atoms with Crippen molar-refractivity contribution in [1.82, 2.24) is 10.9 Å². The Morgan fingerprint density at radius 3 is 2.30 bits per heavy atom. The van der Waals surface area contributed by atoms with E-state index in [0.29, 0.717) is 41.0 Å². The van der Waals surface area contributed by atoms with Crippen molar-refractivity contribution in [2.24, 2.45) is 0 Å². The van der Waals surface area contributed by atoms with E-state index < -0.39 is 11.8 Å². The minimum Gasteiger partial charge on any atom is -0.490 e. The highest BCUT2D eigenvalue weighted by molar-refractivity contribution is 6.32. The first-order valence-corrected chi connectivity index (χ1v) is 8.79. The van der Waals surface area contributed by atoms with E-state index in [4.69, 9.17) is 25.8 Å². The molecule has 0 saturated carbocycles. The molecule has 2 N–H and O–H groups in total. The average molecular weight is 393 g/mol. The van der Waals surface area contributed by atoms with Crippen molar-refractivity contribution in [2.75, 3.05) is 19.8 Å². The molecule has 2 aromatic rings. The van der Waals surface area contributed by atoms with Crippen LogP contribution in [0.1, 0.15) is 24.2 Å². The zero-order chi connectivity index (χ0) is 19.6. The number of ether oxygens (including phenoxy) is 3. The molecular weight excluding hydrogens is 372 g/mol. The number of hydrogen-bond acceptors (Lipinski definition) is 5.